The van der Waals surface area contributed by atoms with Gasteiger partial charge in [-0.3, -0.25) is 0 Å². The molecule has 192 valence electrons. The Morgan fingerprint density at radius 2 is 1.77 bits per heavy atom. The number of thiophene rings is 1. The fourth-order valence-electron chi connectivity index (χ4n) is 4.24. The van der Waals surface area contributed by atoms with Gasteiger partial charge in [0.25, 0.3) is 0 Å². The van der Waals surface area contributed by atoms with E-state index in [1.54, 1.807) is 7.11 Å². The van der Waals surface area contributed by atoms with E-state index in [1.807, 2.05) is 84.9 Å². The molecule has 0 saturated heterocycles. The number of hydrogen-bond donors (Lipinski definition) is 2. The van der Waals surface area contributed by atoms with Gasteiger partial charge in [-0.1, -0.05) is 42.5 Å². The van der Waals surface area contributed by atoms with Crippen LogP contribution in [0, 0.1) is 0 Å². The second kappa shape index (κ2) is 9.92. The molecule has 4 N–H and O–H groups in total. The average molecular weight is 535 g/mol. The van der Waals surface area contributed by atoms with E-state index in [4.69, 9.17) is 25.7 Å². The van der Waals surface area contributed by atoms with E-state index in [1.165, 1.54) is 22.2 Å². The lowest BCUT2D eigenvalue weighted by molar-refractivity contribution is -0.670. The minimum atomic E-state index is -0.544. The Hall–Kier alpha value is -5.22. The second-order valence-corrected chi connectivity index (χ2v) is 9.67. The molecule has 1 amide bonds. The molecule has 0 spiro atoms. The monoisotopic (exact) mass is 534 g/mol. The summed E-state index contributed by atoms with van der Waals surface area (Å²) in [5, 5.41) is 8.76. The van der Waals surface area contributed by atoms with Crippen LogP contribution >= 0.6 is 11.3 Å². The number of nitrogen functional groups attached to an aromatic ring is 2. The number of methoxy groups -OCH3 is 1. The van der Waals surface area contributed by atoms with Gasteiger partial charge in [0.1, 0.15) is 22.4 Å². The normalized spacial score (nSPS) is 11.0. The molecule has 0 bridgehead atoms. The van der Waals surface area contributed by atoms with Gasteiger partial charge < -0.3 is 30.8 Å². The maximum Gasteiger partial charge on any atom is 0.241 e. The summed E-state index contributed by atoms with van der Waals surface area (Å²) in [6, 6.07) is 26.4. The van der Waals surface area contributed by atoms with Gasteiger partial charge >= 0.3 is 0 Å². The van der Waals surface area contributed by atoms with Crippen LogP contribution < -0.4 is 20.9 Å². The minimum Gasteiger partial charge on any atom is -0.583 e. The summed E-state index contributed by atoms with van der Waals surface area (Å²) < 4.78 is 12.2. The number of carbonyl (C=O) groups excluding carboxylic acids is 1. The van der Waals surface area contributed by atoms with Gasteiger partial charge in [-0.25, -0.2) is 4.98 Å². The summed E-state index contributed by atoms with van der Waals surface area (Å²) in [7, 11) is 1.61. The minimum absolute atomic E-state index is 0.0595. The molecule has 3 heterocycles. The SMILES string of the molecule is COc1cccc(-c2cc(-c3ccc(N)cc3)nc3sc(C(=O)[N-]c4c[n+](-c5ccccc5)no4)c(N)c23)c1. The first kappa shape index (κ1) is 24.1. The third kappa shape index (κ3) is 4.64. The number of rotatable bonds is 6. The molecule has 0 saturated carbocycles. The summed E-state index contributed by atoms with van der Waals surface area (Å²) >= 11 is 1.18. The number of hydrogen-bond acceptors (Lipinski definition) is 8. The largest absolute Gasteiger partial charge is 0.583 e. The van der Waals surface area contributed by atoms with Crippen LogP contribution in [-0.4, -0.2) is 23.3 Å². The Kier molecular flexibility index (Phi) is 6.14. The molecule has 3 aromatic carbocycles. The number of ether oxygens (including phenoxy) is 1. The van der Waals surface area contributed by atoms with E-state index in [0.717, 1.165) is 28.1 Å². The molecule has 6 rings (SSSR count). The van der Waals surface area contributed by atoms with Crippen LogP contribution in [0.2, 0.25) is 0 Å². The first-order valence-electron chi connectivity index (χ1n) is 11.9. The van der Waals surface area contributed by atoms with Crippen LogP contribution in [0.25, 0.3) is 43.6 Å². The highest BCUT2D eigenvalue weighted by molar-refractivity contribution is 7.21. The molecular formula is C29H22N6O3S. The van der Waals surface area contributed by atoms with Crippen LogP contribution in [0.1, 0.15) is 9.67 Å². The number of para-hydroxylation sites is 1. The Balaban J connectivity index is 1.43. The van der Waals surface area contributed by atoms with Gasteiger partial charge in [0.15, 0.2) is 0 Å². The fourth-order valence-corrected chi connectivity index (χ4v) is 5.24. The summed E-state index contributed by atoms with van der Waals surface area (Å²) in [5.41, 5.74) is 17.5. The number of carbonyl (C=O) groups is 1. The maximum atomic E-state index is 13.3. The van der Waals surface area contributed by atoms with Crippen molar-refractivity contribution in [3.63, 3.8) is 0 Å². The highest BCUT2D eigenvalue weighted by Gasteiger charge is 2.20. The Bertz CT molecular complexity index is 1810. The van der Waals surface area contributed by atoms with E-state index in [0.29, 0.717) is 27.3 Å². The van der Waals surface area contributed by atoms with Crippen LogP contribution in [-0.2, 0) is 0 Å². The molecule has 0 unspecified atom stereocenters. The number of fused-ring (bicyclic) bond motifs is 1. The quantitative estimate of drug-likeness (QED) is 0.200. The Labute approximate surface area is 227 Å². The molecule has 0 aliphatic rings. The molecule has 0 aliphatic carbocycles. The lowest BCUT2D eigenvalue weighted by Gasteiger charge is -2.12. The molecule has 10 heteroatoms. The number of benzene rings is 3. The zero-order valence-corrected chi connectivity index (χ0v) is 21.6. The molecule has 0 fully saturated rings. The summed E-state index contributed by atoms with van der Waals surface area (Å²) in [6.45, 7) is 0. The first-order valence-corrected chi connectivity index (χ1v) is 12.8. The predicted molar refractivity (Wildman–Crippen MR) is 151 cm³/mol. The Morgan fingerprint density at radius 1 is 0.974 bits per heavy atom. The van der Waals surface area contributed by atoms with E-state index in [2.05, 4.69) is 10.6 Å². The van der Waals surface area contributed by atoms with Crippen LogP contribution in [0.3, 0.4) is 0 Å². The van der Waals surface area contributed by atoms with E-state index < -0.39 is 5.91 Å². The third-order valence-electron chi connectivity index (χ3n) is 6.17. The fraction of sp³-hybridized carbons (Fsp3) is 0.0345. The zero-order chi connectivity index (χ0) is 26.9. The molecule has 0 atom stereocenters. The molecule has 0 aliphatic heterocycles. The standard InChI is InChI=1S/C29H22N6O3S/c1-37-21-9-5-6-18(14-21)22-15-23(17-10-12-19(30)13-11-17)32-29-25(22)26(31)27(39-29)28(36)33-24-16-35(34-38-24)20-7-3-2-4-8-20/h2-16H,1H3,(H4-,30,31,32,33,34,36). The third-order valence-corrected chi connectivity index (χ3v) is 7.26. The molecule has 6 aromatic rings. The lowest BCUT2D eigenvalue weighted by Crippen LogP contribution is -2.30. The van der Waals surface area contributed by atoms with Gasteiger partial charge in [0.2, 0.25) is 17.2 Å². The zero-order valence-electron chi connectivity index (χ0n) is 20.7. The van der Waals surface area contributed by atoms with Crippen molar-refractivity contribution < 1.29 is 18.7 Å². The number of pyridine rings is 1. The summed E-state index contributed by atoms with van der Waals surface area (Å²) in [4.78, 5) is 19.0. The van der Waals surface area contributed by atoms with E-state index >= 15 is 0 Å². The van der Waals surface area contributed by atoms with Crippen molar-refractivity contribution in [1.82, 2.24) is 10.3 Å². The highest BCUT2D eigenvalue weighted by atomic mass is 32.1. The number of aromatic nitrogens is 3. The van der Waals surface area contributed by atoms with Crippen molar-refractivity contribution >= 4 is 44.7 Å². The van der Waals surface area contributed by atoms with Crippen molar-refractivity contribution in [1.29, 1.82) is 0 Å². The van der Waals surface area contributed by atoms with Gasteiger partial charge in [0, 0.05) is 28.8 Å². The smallest absolute Gasteiger partial charge is 0.241 e. The molecular weight excluding hydrogens is 512 g/mol. The van der Waals surface area contributed by atoms with Gasteiger partial charge in [-0.2, -0.15) is 0 Å². The average Bonchev–Trinajstić information content (AvgIpc) is 3.58. The predicted octanol–water partition coefficient (Wildman–Crippen LogP) is 5.91. The topological polar surface area (TPSA) is 135 Å². The maximum absolute atomic E-state index is 13.3. The number of anilines is 2. The highest BCUT2D eigenvalue weighted by Crippen LogP contribution is 2.43. The summed E-state index contributed by atoms with van der Waals surface area (Å²) in [5.74, 6) is 0.213. The van der Waals surface area contributed by atoms with Gasteiger partial charge in [-0.15, -0.1) is 11.3 Å². The van der Waals surface area contributed by atoms with Crippen LogP contribution in [0.4, 0.5) is 17.3 Å². The van der Waals surface area contributed by atoms with E-state index in [-0.39, 0.29) is 10.8 Å². The van der Waals surface area contributed by atoms with Crippen LogP contribution in [0.5, 0.6) is 5.75 Å². The number of amides is 1. The lowest BCUT2D eigenvalue weighted by atomic mass is 9.99. The van der Waals surface area contributed by atoms with E-state index in [9.17, 15) is 4.79 Å². The van der Waals surface area contributed by atoms with Crippen molar-refractivity contribution in [3.05, 3.63) is 101 Å². The van der Waals surface area contributed by atoms with Crippen molar-refractivity contribution in [2.75, 3.05) is 18.6 Å². The van der Waals surface area contributed by atoms with Crippen molar-refractivity contribution in [2.24, 2.45) is 0 Å². The second-order valence-electron chi connectivity index (χ2n) is 8.67. The van der Waals surface area contributed by atoms with Gasteiger partial charge in [0.05, 0.1) is 23.4 Å². The molecule has 9 nitrogen and oxygen atoms in total. The van der Waals surface area contributed by atoms with Gasteiger partial charge in [-0.05, 0) is 46.1 Å². The summed E-state index contributed by atoms with van der Waals surface area (Å²) in [6.07, 6.45) is 1.54. The first-order chi connectivity index (χ1) is 19.0. The number of nitrogens with zero attached hydrogens (tertiary/aromatic N) is 4. The molecule has 3 aromatic heterocycles. The molecule has 39 heavy (non-hydrogen) atoms. The molecule has 0 radical (unpaired) electrons. The van der Waals surface area contributed by atoms with Crippen LogP contribution in [0.15, 0.2) is 95.6 Å². The van der Waals surface area contributed by atoms with Crippen molar-refractivity contribution in [3.8, 4) is 33.8 Å². The Morgan fingerprint density at radius 3 is 2.54 bits per heavy atom. The number of nitrogens with two attached hydrogens (primary N) is 2. The van der Waals surface area contributed by atoms with Crippen molar-refractivity contribution in [2.45, 2.75) is 0 Å².